The van der Waals surface area contributed by atoms with Crippen LogP contribution in [-0.4, -0.2) is 30.8 Å². The SMILES string of the molecule is O=C(NCc1cccc(N2CC=CC2)c1)NC(CO)c1ccccc1. The molecule has 1 heterocycles. The number of nitrogens with one attached hydrogen (secondary N) is 2. The van der Waals surface area contributed by atoms with E-state index in [1.165, 1.54) is 0 Å². The highest BCUT2D eigenvalue weighted by atomic mass is 16.3. The summed E-state index contributed by atoms with van der Waals surface area (Å²) in [5, 5.41) is 15.2. The molecule has 2 aromatic rings. The van der Waals surface area contributed by atoms with Gasteiger partial charge in [0.05, 0.1) is 12.6 Å². The maximum atomic E-state index is 12.1. The molecule has 3 N–H and O–H groups in total. The lowest BCUT2D eigenvalue weighted by Gasteiger charge is -2.19. The number of carbonyl (C=O) groups is 1. The third-order valence-electron chi connectivity index (χ3n) is 4.24. The maximum absolute atomic E-state index is 12.1. The van der Waals surface area contributed by atoms with E-state index < -0.39 is 6.04 Å². The van der Waals surface area contributed by atoms with Gasteiger partial charge in [-0.15, -0.1) is 0 Å². The van der Waals surface area contributed by atoms with Crippen LogP contribution in [0.5, 0.6) is 0 Å². The van der Waals surface area contributed by atoms with E-state index in [2.05, 4.69) is 39.8 Å². The summed E-state index contributed by atoms with van der Waals surface area (Å²) in [6.45, 7) is 2.14. The molecule has 0 aliphatic carbocycles. The van der Waals surface area contributed by atoms with Crippen molar-refractivity contribution in [2.75, 3.05) is 24.6 Å². The third-order valence-corrected chi connectivity index (χ3v) is 4.24. The van der Waals surface area contributed by atoms with Crippen LogP contribution in [0.15, 0.2) is 66.7 Å². The van der Waals surface area contributed by atoms with E-state index in [1.54, 1.807) is 0 Å². The summed E-state index contributed by atoms with van der Waals surface area (Å²) in [5.41, 5.74) is 3.07. The van der Waals surface area contributed by atoms with Gasteiger partial charge in [-0.05, 0) is 23.3 Å². The van der Waals surface area contributed by atoms with Gasteiger partial charge in [0, 0.05) is 25.3 Å². The highest BCUT2D eigenvalue weighted by Gasteiger charge is 2.13. The van der Waals surface area contributed by atoms with E-state index >= 15 is 0 Å². The fraction of sp³-hybridized carbons (Fsp3) is 0.250. The molecule has 130 valence electrons. The van der Waals surface area contributed by atoms with Crippen molar-refractivity contribution in [3.63, 3.8) is 0 Å². The van der Waals surface area contributed by atoms with Crippen LogP contribution in [0, 0.1) is 0 Å². The minimum absolute atomic E-state index is 0.144. The lowest BCUT2D eigenvalue weighted by atomic mass is 10.1. The topological polar surface area (TPSA) is 64.6 Å². The van der Waals surface area contributed by atoms with Gasteiger partial charge in [0.2, 0.25) is 0 Å². The first-order chi connectivity index (χ1) is 12.3. The average molecular weight is 337 g/mol. The molecule has 2 aromatic carbocycles. The molecule has 3 rings (SSSR count). The van der Waals surface area contributed by atoms with Crippen molar-refractivity contribution in [2.24, 2.45) is 0 Å². The number of rotatable bonds is 6. The van der Waals surface area contributed by atoms with Crippen LogP contribution >= 0.6 is 0 Å². The first-order valence-corrected chi connectivity index (χ1v) is 8.45. The molecule has 0 spiro atoms. The van der Waals surface area contributed by atoms with Gasteiger partial charge in [0.25, 0.3) is 0 Å². The number of amides is 2. The third kappa shape index (κ3) is 4.61. The van der Waals surface area contributed by atoms with Crippen molar-refractivity contribution in [3.8, 4) is 0 Å². The molecule has 2 amide bonds. The quantitative estimate of drug-likeness (QED) is 0.710. The molecule has 0 fully saturated rings. The monoisotopic (exact) mass is 337 g/mol. The van der Waals surface area contributed by atoms with Crippen LogP contribution in [0.25, 0.3) is 0 Å². The smallest absolute Gasteiger partial charge is 0.315 e. The largest absolute Gasteiger partial charge is 0.394 e. The van der Waals surface area contributed by atoms with Gasteiger partial charge >= 0.3 is 6.03 Å². The van der Waals surface area contributed by atoms with Crippen LogP contribution in [0.3, 0.4) is 0 Å². The number of hydrogen-bond acceptors (Lipinski definition) is 3. The van der Waals surface area contributed by atoms with Crippen molar-refractivity contribution in [2.45, 2.75) is 12.6 Å². The molecule has 1 aliphatic heterocycles. The second-order valence-corrected chi connectivity index (χ2v) is 6.02. The molecule has 25 heavy (non-hydrogen) atoms. The van der Waals surface area contributed by atoms with Crippen LogP contribution in [0.1, 0.15) is 17.2 Å². The number of nitrogens with zero attached hydrogens (tertiary/aromatic N) is 1. The molecule has 5 nitrogen and oxygen atoms in total. The van der Waals surface area contributed by atoms with E-state index in [9.17, 15) is 9.90 Å². The molecule has 1 atom stereocenters. The molecule has 0 saturated heterocycles. The Balaban J connectivity index is 1.54. The number of aliphatic hydroxyl groups is 1. The number of benzene rings is 2. The predicted molar refractivity (Wildman–Crippen MR) is 99.4 cm³/mol. The maximum Gasteiger partial charge on any atom is 0.315 e. The minimum atomic E-state index is -0.414. The molecule has 0 saturated carbocycles. The van der Waals surface area contributed by atoms with Gasteiger partial charge < -0.3 is 20.6 Å². The Bertz CT molecular complexity index is 723. The standard InChI is InChI=1S/C20H23N3O2/c24-15-19(17-8-2-1-3-9-17)22-20(25)21-14-16-7-6-10-18(13-16)23-11-4-5-12-23/h1-10,13,19,24H,11-12,14-15H2,(H2,21,22,25). The second kappa shape index (κ2) is 8.35. The van der Waals surface area contributed by atoms with E-state index in [-0.39, 0.29) is 12.6 Å². The van der Waals surface area contributed by atoms with Gasteiger partial charge in [0.1, 0.15) is 0 Å². The van der Waals surface area contributed by atoms with E-state index in [0.29, 0.717) is 6.54 Å². The van der Waals surface area contributed by atoms with Crippen molar-refractivity contribution in [1.29, 1.82) is 0 Å². The van der Waals surface area contributed by atoms with Crippen molar-refractivity contribution < 1.29 is 9.90 Å². The second-order valence-electron chi connectivity index (χ2n) is 6.02. The summed E-state index contributed by atoms with van der Waals surface area (Å²) < 4.78 is 0. The molecular weight excluding hydrogens is 314 g/mol. The predicted octanol–water partition coefficient (Wildman–Crippen LogP) is 2.60. The van der Waals surface area contributed by atoms with Crippen LogP contribution in [0.4, 0.5) is 10.5 Å². The Morgan fingerprint density at radius 2 is 1.84 bits per heavy atom. The van der Waals surface area contributed by atoms with Gasteiger partial charge in [-0.3, -0.25) is 0 Å². The molecule has 0 radical (unpaired) electrons. The zero-order chi connectivity index (χ0) is 17.5. The van der Waals surface area contributed by atoms with Crippen molar-refractivity contribution >= 4 is 11.7 Å². The molecule has 1 unspecified atom stereocenters. The highest BCUT2D eigenvalue weighted by molar-refractivity contribution is 5.74. The highest BCUT2D eigenvalue weighted by Crippen LogP contribution is 2.18. The summed E-state index contributed by atoms with van der Waals surface area (Å²) in [6, 6.07) is 16.9. The van der Waals surface area contributed by atoms with E-state index in [4.69, 9.17) is 0 Å². The van der Waals surface area contributed by atoms with Gasteiger partial charge in [0.15, 0.2) is 0 Å². The lowest BCUT2D eigenvalue weighted by Crippen LogP contribution is -2.38. The lowest BCUT2D eigenvalue weighted by molar-refractivity contribution is 0.216. The Hall–Kier alpha value is -2.79. The summed E-state index contributed by atoms with van der Waals surface area (Å²) in [5.74, 6) is 0. The number of hydrogen-bond donors (Lipinski definition) is 3. The molecule has 1 aliphatic rings. The average Bonchev–Trinajstić information content (AvgIpc) is 3.20. The molecule has 5 heteroatoms. The Morgan fingerprint density at radius 3 is 2.56 bits per heavy atom. The van der Waals surface area contributed by atoms with E-state index in [1.807, 2.05) is 42.5 Å². The number of anilines is 1. The number of aliphatic hydroxyl groups excluding tert-OH is 1. The molecule has 0 aromatic heterocycles. The first-order valence-electron chi connectivity index (χ1n) is 8.45. The summed E-state index contributed by atoms with van der Waals surface area (Å²) >= 11 is 0. The Labute approximate surface area is 148 Å². The normalized spacial score (nSPS) is 14.4. The fourth-order valence-corrected chi connectivity index (χ4v) is 2.86. The zero-order valence-electron chi connectivity index (χ0n) is 14.1. The van der Waals surface area contributed by atoms with Crippen molar-refractivity contribution in [3.05, 3.63) is 77.9 Å². The number of urea groups is 1. The summed E-state index contributed by atoms with van der Waals surface area (Å²) in [7, 11) is 0. The molecule has 0 bridgehead atoms. The summed E-state index contributed by atoms with van der Waals surface area (Å²) in [6.07, 6.45) is 4.30. The minimum Gasteiger partial charge on any atom is -0.394 e. The van der Waals surface area contributed by atoms with Crippen molar-refractivity contribution in [1.82, 2.24) is 10.6 Å². The first kappa shape index (κ1) is 17.0. The van der Waals surface area contributed by atoms with Crippen LogP contribution in [-0.2, 0) is 6.54 Å². The van der Waals surface area contributed by atoms with Crippen LogP contribution < -0.4 is 15.5 Å². The molecular formula is C20H23N3O2. The van der Waals surface area contributed by atoms with E-state index in [0.717, 1.165) is 29.9 Å². The zero-order valence-corrected chi connectivity index (χ0v) is 14.1. The Kier molecular flexibility index (Phi) is 5.69. The fourth-order valence-electron chi connectivity index (χ4n) is 2.86. The van der Waals surface area contributed by atoms with Gasteiger partial charge in [-0.2, -0.15) is 0 Å². The van der Waals surface area contributed by atoms with Gasteiger partial charge in [-0.25, -0.2) is 4.79 Å². The van der Waals surface area contributed by atoms with Gasteiger partial charge in [-0.1, -0.05) is 54.6 Å². The van der Waals surface area contributed by atoms with Crippen LogP contribution in [0.2, 0.25) is 0 Å². The Morgan fingerprint density at radius 1 is 1.08 bits per heavy atom. The summed E-state index contributed by atoms with van der Waals surface area (Å²) in [4.78, 5) is 14.4. The number of carbonyl (C=O) groups excluding carboxylic acids is 1.